The van der Waals surface area contributed by atoms with Crippen molar-refractivity contribution in [2.75, 3.05) is 4.90 Å². The molecule has 0 amide bonds. The molecule has 2 heteroatoms. The van der Waals surface area contributed by atoms with Crippen LogP contribution in [0.5, 0.6) is 0 Å². The monoisotopic (exact) mass is 535 g/mol. The summed E-state index contributed by atoms with van der Waals surface area (Å²) >= 11 is 0. The Morgan fingerprint density at radius 2 is 0.929 bits per heavy atom. The van der Waals surface area contributed by atoms with Crippen molar-refractivity contribution in [1.82, 2.24) is 0 Å². The molecule has 1 aromatic heterocycles. The van der Waals surface area contributed by atoms with Crippen LogP contribution in [0.2, 0.25) is 0 Å². The highest BCUT2D eigenvalue weighted by Gasteiger charge is 2.21. The molecule has 0 saturated heterocycles. The highest BCUT2D eigenvalue weighted by atomic mass is 16.3. The normalized spacial score (nSPS) is 11.8. The number of benzene rings is 8. The van der Waals surface area contributed by atoms with Crippen LogP contribution in [0.15, 0.2) is 156 Å². The van der Waals surface area contributed by atoms with Gasteiger partial charge >= 0.3 is 0 Å². The van der Waals surface area contributed by atoms with Crippen LogP contribution in [0, 0.1) is 0 Å². The summed E-state index contributed by atoms with van der Waals surface area (Å²) in [5, 5.41) is 12.3. The zero-order valence-electron chi connectivity index (χ0n) is 22.8. The Balaban J connectivity index is 1.42. The third-order valence-electron chi connectivity index (χ3n) is 8.60. The molecule has 9 rings (SSSR count). The average molecular weight is 536 g/mol. The fraction of sp³-hybridized carbons (Fsp3) is 0. The van der Waals surface area contributed by atoms with E-state index in [0.29, 0.717) is 0 Å². The second-order valence-corrected chi connectivity index (χ2v) is 10.9. The molecule has 9 aromatic rings. The highest BCUT2D eigenvalue weighted by molar-refractivity contribution is 6.29. The maximum absolute atomic E-state index is 6.32. The van der Waals surface area contributed by atoms with E-state index in [1.807, 2.05) is 12.1 Å². The molecule has 0 aliphatic heterocycles. The van der Waals surface area contributed by atoms with Crippen LogP contribution in [0.4, 0.5) is 17.1 Å². The van der Waals surface area contributed by atoms with Crippen LogP contribution in [-0.2, 0) is 0 Å². The maximum Gasteiger partial charge on any atom is 0.137 e. The lowest BCUT2D eigenvalue weighted by atomic mass is 9.92. The largest absolute Gasteiger partial charge is 0.456 e. The number of anilines is 3. The van der Waals surface area contributed by atoms with Gasteiger partial charge < -0.3 is 9.32 Å². The number of hydrogen-bond acceptors (Lipinski definition) is 2. The van der Waals surface area contributed by atoms with Crippen LogP contribution in [0.3, 0.4) is 0 Å². The van der Waals surface area contributed by atoms with Gasteiger partial charge in [0.1, 0.15) is 11.2 Å². The van der Waals surface area contributed by atoms with Crippen molar-refractivity contribution in [2.45, 2.75) is 0 Å². The van der Waals surface area contributed by atoms with Gasteiger partial charge in [0.25, 0.3) is 0 Å². The van der Waals surface area contributed by atoms with E-state index in [4.69, 9.17) is 4.42 Å². The molecule has 0 unspecified atom stereocenters. The SMILES string of the molecule is c1ccc(N(c2cccc3c2ccc2ccc4ccc5ccccc5c4c23)c2cccc3oc4ccccc4c23)cc1. The summed E-state index contributed by atoms with van der Waals surface area (Å²) in [6.45, 7) is 0. The fourth-order valence-corrected chi connectivity index (χ4v) is 6.78. The highest BCUT2D eigenvalue weighted by Crippen LogP contribution is 2.46. The van der Waals surface area contributed by atoms with E-state index in [9.17, 15) is 0 Å². The van der Waals surface area contributed by atoms with E-state index in [1.165, 1.54) is 43.1 Å². The third-order valence-corrected chi connectivity index (χ3v) is 8.60. The van der Waals surface area contributed by atoms with Crippen molar-refractivity contribution < 1.29 is 4.42 Å². The molecule has 196 valence electrons. The first-order valence-corrected chi connectivity index (χ1v) is 14.4. The molecule has 0 aliphatic rings. The Morgan fingerprint density at radius 3 is 1.79 bits per heavy atom. The van der Waals surface area contributed by atoms with Crippen molar-refractivity contribution in [2.24, 2.45) is 0 Å². The second-order valence-electron chi connectivity index (χ2n) is 10.9. The van der Waals surface area contributed by atoms with Gasteiger partial charge in [0, 0.05) is 16.5 Å². The molecule has 0 radical (unpaired) electrons. The van der Waals surface area contributed by atoms with Gasteiger partial charge in [0.15, 0.2) is 0 Å². The topological polar surface area (TPSA) is 16.4 Å². The Hall–Kier alpha value is -5.60. The molecule has 0 spiro atoms. The number of nitrogens with zero attached hydrogens (tertiary/aromatic N) is 1. The first-order valence-electron chi connectivity index (χ1n) is 14.4. The van der Waals surface area contributed by atoms with E-state index in [1.54, 1.807) is 0 Å². The molecule has 0 saturated carbocycles. The van der Waals surface area contributed by atoms with E-state index in [-0.39, 0.29) is 0 Å². The molecule has 42 heavy (non-hydrogen) atoms. The number of para-hydroxylation sites is 2. The van der Waals surface area contributed by atoms with Crippen molar-refractivity contribution in [3.05, 3.63) is 152 Å². The summed E-state index contributed by atoms with van der Waals surface area (Å²) in [4.78, 5) is 2.39. The molecule has 1 heterocycles. The minimum absolute atomic E-state index is 0.887. The summed E-state index contributed by atoms with van der Waals surface area (Å²) in [6, 6.07) is 54.3. The van der Waals surface area contributed by atoms with Crippen LogP contribution < -0.4 is 4.90 Å². The zero-order chi connectivity index (χ0) is 27.6. The van der Waals surface area contributed by atoms with Gasteiger partial charge in [-0.05, 0) is 74.1 Å². The molecule has 0 aliphatic carbocycles. The molecule has 0 bridgehead atoms. The predicted octanol–water partition coefficient (Wildman–Crippen LogP) is 11.7. The summed E-state index contributed by atoms with van der Waals surface area (Å²) < 4.78 is 6.32. The summed E-state index contributed by atoms with van der Waals surface area (Å²) in [7, 11) is 0. The summed E-state index contributed by atoms with van der Waals surface area (Å²) in [6.07, 6.45) is 0. The van der Waals surface area contributed by atoms with Crippen LogP contribution >= 0.6 is 0 Å². The van der Waals surface area contributed by atoms with Gasteiger partial charge in [0.05, 0.1) is 16.8 Å². The molecule has 8 aromatic carbocycles. The average Bonchev–Trinajstić information content (AvgIpc) is 3.44. The van der Waals surface area contributed by atoms with E-state index < -0.39 is 0 Å². The molecular weight excluding hydrogens is 510 g/mol. The van der Waals surface area contributed by atoms with Crippen molar-refractivity contribution >= 4 is 82.1 Å². The number of fused-ring (bicyclic) bond motifs is 10. The quantitative estimate of drug-likeness (QED) is 0.209. The van der Waals surface area contributed by atoms with Crippen LogP contribution in [-0.4, -0.2) is 0 Å². The number of furan rings is 1. The lowest BCUT2D eigenvalue weighted by molar-refractivity contribution is 0.669. The fourth-order valence-electron chi connectivity index (χ4n) is 6.78. The van der Waals surface area contributed by atoms with Gasteiger partial charge in [-0.3, -0.25) is 0 Å². The second kappa shape index (κ2) is 8.95. The molecule has 0 fully saturated rings. The van der Waals surface area contributed by atoms with Crippen molar-refractivity contribution in [1.29, 1.82) is 0 Å². The van der Waals surface area contributed by atoms with E-state index in [2.05, 4.69) is 144 Å². The Morgan fingerprint density at radius 1 is 0.333 bits per heavy atom. The Bertz CT molecular complexity index is 2470. The third kappa shape index (κ3) is 3.33. The van der Waals surface area contributed by atoms with Crippen LogP contribution in [0.25, 0.3) is 65.0 Å². The smallest absolute Gasteiger partial charge is 0.137 e. The van der Waals surface area contributed by atoms with Gasteiger partial charge in [-0.2, -0.15) is 0 Å². The summed E-state index contributed by atoms with van der Waals surface area (Å²) in [5.41, 5.74) is 5.12. The summed E-state index contributed by atoms with van der Waals surface area (Å²) in [5.74, 6) is 0. The standard InChI is InChI=1S/C40H25NO/c1-2-11-29(12-3-1)41(35-17-9-19-37-40(35)33-14-6-7-18-36(33)42-37)34-16-8-15-32-31(34)25-24-28-23-22-27-21-20-26-10-4-5-13-30(26)38(27)39(28)32/h1-25H. The van der Waals surface area contributed by atoms with Gasteiger partial charge in [-0.15, -0.1) is 0 Å². The first-order chi connectivity index (χ1) is 20.8. The minimum atomic E-state index is 0.887. The maximum atomic E-state index is 6.32. The number of hydrogen-bond donors (Lipinski definition) is 0. The van der Waals surface area contributed by atoms with Gasteiger partial charge in [0.2, 0.25) is 0 Å². The zero-order valence-corrected chi connectivity index (χ0v) is 22.8. The number of rotatable bonds is 3. The van der Waals surface area contributed by atoms with Crippen molar-refractivity contribution in [3.63, 3.8) is 0 Å². The first kappa shape index (κ1) is 23.1. The van der Waals surface area contributed by atoms with E-state index in [0.717, 1.165) is 39.0 Å². The predicted molar refractivity (Wildman–Crippen MR) is 178 cm³/mol. The molecule has 2 nitrogen and oxygen atoms in total. The Kier molecular flexibility index (Phi) is 4.93. The molecule has 0 N–H and O–H groups in total. The molecule has 0 atom stereocenters. The van der Waals surface area contributed by atoms with Gasteiger partial charge in [-0.25, -0.2) is 0 Å². The Labute approximate surface area is 242 Å². The minimum Gasteiger partial charge on any atom is -0.456 e. The van der Waals surface area contributed by atoms with Gasteiger partial charge in [-0.1, -0.05) is 115 Å². The lowest BCUT2D eigenvalue weighted by Gasteiger charge is -2.28. The lowest BCUT2D eigenvalue weighted by Crippen LogP contribution is -2.10. The van der Waals surface area contributed by atoms with Crippen molar-refractivity contribution in [3.8, 4) is 0 Å². The molecular formula is C40H25NO. The van der Waals surface area contributed by atoms with E-state index >= 15 is 0 Å². The van der Waals surface area contributed by atoms with Crippen LogP contribution in [0.1, 0.15) is 0 Å².